The van der Waals surface area contributed by atoms with Crippen LogP contribution in [0.3, 0.4) is 0 Å². The van der Waals surface area contributed by atoms with Crippen LogP contribution in [0.2, 0.25) is 0 Å². The topological polar surface area (TPSA) is 212 Å². The number of Topliss-reactive ketones (excluding diaryl/α,β-unsaturated/α-hetero) is 2. The molecule has 0 aliphatic heterocycles. The van der Waals surface area contributed by atoms with Crippen molar-refractivity contribution in [1.82, 2.24) is 20.4 Å². The quantitative estimate of drug-likeness (QED) is 0.116. The van der Waals surface area contributed by atoms with E-state index in [9.17, 15) is 42.0 Å². The summed E-state index contributed by atoms with van der Waals surface area (Å²) in [5.41, 5.74) is -2.22. The first-order valence-electron chi connectivity index (χ1n) is 34.6. The maximum absolute atomic E-state index is 15.0. The number of thioether (sulfide) groups is 1. The lowest BCUT2D eigenvalue weighted by molar-refractivity contribution is -0.173. The second kappa shape index (κ2) is 23.5. The van der Waals surface area contributed by atoms with E-state index in [4.69, 9.17) is 13.7 Å². The first-order chi connectivity index (χ1) is 42.1. The van der Waals surface area contributed by atoms with Crippen LogP contribution < -0.4 is 10.6 Å². The monoisotopic (exact) mass is 1300 g/mol. The van der Waals surface area contributed by atoms with Crippen LogP contribution in [-0.4, -0.2) is 136 Å². The molecule has 4 spiro atoms. The lowest BCUT2D eigenvalue weighted by Gasteiger charge is -2.63. The van der Waals surface area contributed by atoms with Crippen molar-refractivity contribution in [3.05, 3.63) is 29.8 Å². The average Bonchev–Trinajstić information content (AvgIpc) is 1.47. The average molecular weight is 1300 g/mol. The van der Waals surface area contributed by atoms with Crippen molar-refractivity contribution in [2.45, 2.75) is 242 Å². The number of rotatable bonds is 16. The van der Waals surface area contributed by atoms with Gasteiger partial charge in [-0.15, -0.1) is 0 Å². The minimum absolute atomic E-state index is 0.00486. The minimum Gasteiger partial charge on any atom is -0.462 e. The van der Waals surface area contributed by atoms with E-state index in [2.05, 4.69) is 104 Å². The highest BCUT2D eigenvalue weighted by Gasteiger charge is 2.88. The third-order valence-electron chi connectivity index (χ3n) is 28.8. The normalized spacial score (nSPS) is 43.8. The number of hydrogen-bond acceptors (Lipinski definition) is 15. The summed E-state index contributed by atoms with van der Waals surface area (Å²) < 4.78 is 45.2. The van der Waals surface area contributed by atoms with Crippen molar-refractivity contribution >= 4 is 62.3 Å². The Balaban J connectivity index is 0.000000202. The molecule has 1 aromatic rings. The van der Waals surface area contributed by atoms with Crippen molar-refractivity contribution in [2.24, 2.45) is 101 Å². The lowest BCUT2D eigenvalue weighted by atomic mass is 9.41. The summed E-state index contributed by atoms with van der Waals surface area (Å²) >= 11 is 1.37. The molecular weight excluding hydrogens is 1190 g/mol. The van der Waals surface area contributed by atoms with E-state index in [-0.39, 0.29) is 167 Å². The van der Waals surface area contributed by atoms with Crippen molar-refractivity contribution in [3.8, 4) is 0 Å². The van der Waals surface area contributed by atoms with Gasteiger partial charge in [-0.2, -0.15) is 8.42 Å². The fourth-order valence-electron chi connectivity index (χ4n) is 23.7. The molecule has 10 aliphatic carbocycles. The van der Waals surface area contributed by atoms with Gasteiger partial charge in [0.1, 0.15) is 23.8 Å². The molecule has 91 heavy (non-hydrogen) atoms. The van der Waals surface area contributed by atoms with Crippen LogP contribution in [0.5, 0.6) is 0 Å². The van der Waals surface area contributed by atoms with E-state index in [1.165, 1.54) is 25.6 Å². The van der Waals surface area contributed by atoms with Gasteiger partial charge < -0.3 is 29.9 Å². The summed E-state index contributed by atoms with van der Waals surface area (Å²) in [6.07, 6.45) is 10.6. The number of hydrogen-bond donors (Lipinski definition) is 2. The number of ether oxygens (including phenoxy) is 2. The Kier molecular flexibility index (Phi) is 18.1. The molecule has 4 unspecified atom stereocenters. The number of esters is 2. The largest absolute Gasteiger partial charge is 0.462 e. The number of amides is 2. The number of nitrogens with one attached hydrogen (secondary N) is 2. The van der Waals surface area contributed by atoms with Crippen LogP contribution in [0.1, 0.15) is 199 Å². The van der Waals surface area contributed by atoms with E-state index < -0.39 is 20.9 Å². The van der Waals surface area contributed by atoms with Crippen LogP contribution in [-0.2, 0) is 57.3 Å². The number of nitrogens with zero attached hydrogens (tertiary/aromatic N) is 2. The molecule has 10 fully saturated rings. The molecule has 22 atom stereocenters. The number of aryl methyl sites for hydroxylation is 1. The lowest BCUT2D eigenvalue weighted by Crippen LogP contribution is -2.64. The van der Waals surface area contributed by atoms with E-state index in [1.807, 2.05) is 34.6 Å². The summed E-state index contributed by atoms with van der Waals surface area (Å²) in [5, 5.41) is 6.78. The Labute approximate surface area is 549 Å². The molecule has 0 bridgehead atoms. The predicted molar refractivity (Wildman–Crippen MR) is 352 cm³/mol. The fourth-order valence-corrected chi connectivity index (χ4v) is 25.7. The number of fused-ring (bicyclic) bond motifs is 4. The third kappa shape index (κ3) is 10.4. The van der Waals surface area contributed by atoms with Crippen molar-refractivity contribution in [1.29, 1.82) is 0 Å². The van der Waals surface area contributed by atoms with Gasteiger partial charge in [0, 0.05) is 109 Å². The first kappa shape index (κ1) is 70.1. The molecule has 11 rings (SSSR count). The highest BCUT2D eigenvalue weighted by molar-refractivity contribution is 8.13. The molecule has 2 amide bonds. The highest BCUT2D eigenvalue weighted by Crippen LogP contribution is 2.90. The molecule has 10 saturated carbocycles. The Morgan fingerprint density at radius 2 is 0.967 bits per heavy atom. The molecule has 1 aromatic carbocycles. The van der Waals surface area contributed by atoms with Crippen molar-refractivity contribution in [3.63, 3.8) is 0 Å². The molecule has 16 nitrogen and oxygen atoms in total. The van der Waals surface area contributed by atoms with E-state index in [0.29, 0.717) is 36.6 Å². The standard InChI is InChI=1S/C39H58N2O7S.C34H54N2O5S/c1-23(2)34(44)40-31-17-18-38-21-39(38)30(16-15-29(38)35(31,6)22-47-49(45,46)27-13-11-24(3)12-14-27)36(7)19-28(48-26(5)42)33(25(4)41(9)10)37(36,8)20-32(39)43;1-19(2)29(40)35-26-13-14-33-17-34(33)25(12-11-24(33)30(26,6)18-42-22(5)38)31(7)15-23(41-21(4)37)28(20(3)36(9)10)32(31,8)16-27(34)39/h11-14,23,25,28-31,33H,15-22H2,1-10H3,(H,40,44);19-20,23-26,28H,11-18H2,1-10H3,(H,35,40)/t25-,28+,29-,30-,31-,33-,35-,36-,37+,38?,39?;20-,23+,24-,25-,26-,28-,30-,31-,32+,33?,34?/m00/s1. The van der Waals surface area contributed by atoms with Crippen LogP contribution in [0.15, 0.2) is 29.2 Å². The number of carbonyl (C=O) groups is 7. The molecule has 2 N–H and O–H groups in total. The smallest absolute Gasteiger partial charge is 0.302 e. The summed E-state index contributed by atoms with van der Waals surface area (Å²) in [4.78, 5) is 97.3. The Morgan fingerprint density at radius 1 is 0.582 bits per heavy atom. The van der Waals surface area contributed by atoms with Gasteiger partial charge in [0.25, 0.3) is 10.1 Å². The molecule has 0 radical (unpaired) electrons. The first-order valence-corrected chi connectivity index (χ1v) is 36.9. The predicted octanol–water partition coefficient (Wildman–Crippen LogP) is 11.4. The number of carbonyl (C=O) groups excluding carboxylic acids is 7. The van der Waals surface area contributed by atoms with E-state index in [1.54, 1.807) is 31.2 Å². The Morgan fingerprint density at radius 3 is 1.34 bits per heavy atom. The molecule has 10 aliphatic rings. The molecular formula is C73H112N4O12S2. The maximum atomic E-state index is 15.0. The fraction of sp³-hybridized carbons (Fsp3) is 0.822. The zero-order valence-electron chi connectivity index (χ0n) is 58.8. The van der Waals surface area contributed by atoms with Crippen LogP contribution in [0, 0.1) is 108 Å². The molecule has 0 aromatic heterocycles. The third-order valence-corrected chi connectivity index (χ3v) is 31.2. The van der Waals surface area contributed by atoms with Gasteiger partial charge in [0.15, 0.2) is 5.12 Å². The summed E-state index contributed by atoms with van der Waals surface area (Å²) in [5.74, 6) is 1.30. The van der Waals surface area contributed by atoms with Gasteiger partial charge in [0.2, 0.25) is 11.8 Å². The molecule has 18 heteroatoms. The van der Waals surface area contributed by atoms with Gasteiger partial charge >= 0.3 is 11.9 Å². The SMILES string of the molecule is CC(=O)O[C@@H]1C[C@@]2(C)[C@@H]3CC[C@@H]4C5(CC[C@H](NC(=O)C(C)C)[C@@]4(C)COS(=O)(=O)c4ccc(C)cc4)CC35C(=O)C[C@]2(C)[C@H]1[C@H](C)N(C)C.CC(=O)O[C@@H]1C[C@@]2(C)[C@@H]3CC[C@@H]4C5(CC[C@H](NC(=O)C(C)C)[C@@]4(C)CSC(C)=O)CC35C(=O)C[C@]2(C)[C@H]1[C@H](C)N(C)C. The molecule has 0 saturated heterocycles. The highest BCUT2D eigenvalue weighted by atomic mass is 32.2. The van der Waals surface area contributed by atoms with Crippen molar-refractivity contribution in [2.75, 3.05) is 40.6 Å². The van der Waals surface area contributed by atoms with E-state index in [0.717, 1.165) is 76.2 Å². The number of ketones is 2. The second-order valence-corrected chi connectivity index (χ2v) is 36.6. The number of benzene rings is 1. The zero-order valence-corrected chi connectivity index (χ0v) is 60.4. The Hall–Kier alpha value is -3.71. The Bertz CT molecular complexity index is 3210. The van der Waals surface area contributed by atoms with Gasteiger partial charge in [-0.3, -0.25) is 37.7 Å². The van der Waals surface area contributed by atoms with Crippen LogP contribution >= 0.6 is 11.8 Å². The summed E-state index contributed by atoms with van der Waals surface area (Å²) in [6.45, 7) is 32.2. The van der Waals surface area contributed by atoms with Crippen LogP contribution in [0.4, 0.5) is 0 Å². The van der Waals surface area contributed by atoms with Gasteiger partial charge in [-0.05, 0) is 194 Å². The van der Waals surface area contributed by atoms with E-state index >= 15 is 0 Å². The summed E-state index contributed by atoms with van der Waals surface area (Å²) in [7, 11) is 4.22. The molecule has 508 valence electrons. The van der Waals surface area contributed by atoms with Gasteiger partial charge in [-0.1, -0.05) is 98.7 Å². The second-order valence-electron chi connectivity index (χ2n) is 33.8. The minimum atomic E-state index is -4.05. The van der Waals surface area contributed by atoms with Gasteiger partial charge in [-0.25, -0.2) is 0 Å². The van der Waals surface area contributed by atoms with Gasteiger partial charge in [0.05, 0.1) is 11.5 Å². The summed E-state index contributed by atoms with van der Waals surface area (Å²) in [6, 6.07) is 6.65. The van der Waals surface area contributed by atoms with Crippen molar-refractivity contribution < 1.29 is 55.6 Å². The maximum Gasteiger partial charge on any atom is 0.302 e. The zero-order chi connectivity index (χ0) is 67.3. The van der Waals surface area contributed by atoms with Crippen LogP contribution in [0.25, 0.3) is 0 Å². The molecule has 0 heterocycles.